The second-order valence-electron chi connectivity index (χ2n) is 4.90. The molecule has 0 spiro atoms. The molecule has 2 saturated heterocycles. The van der Waals surface area contributed by atoms with E-state index in [1.165, 1.54) is 30.7 Å². The lowest BCUT2D eigenvalue weighted by Gasteiger charge is -2.34. The summed E-state index contributed by atoms with van der Waals surface area (Å²) in [5.41, 5.74) is 2.26. The molecule has 0 bridgehead atoms. The first kappa shape index (κ1) is 11.2. The molecule has 0 saturated carbocycles. The first-order chi connectivity index (χ1) is 8.33. The number of aromatic nitrogens is 1. The van der Waals surface area contributed by atoms with E-state index in [4.69, 9.17) is 0 Å². The van der Waals surface area contributed by atoms with Crippen molar-refractivity contribution in [3.05, 3.63) is 16.6 Å². The van der Waals surface area contributed by atoms with Crippen LogP contribution in [0.15, 0.2) is 10.9 Å². The third-order valence-electron chi connectivity index (χ3n) is 3.82. The molecular weight excluding hydrogens is 234 g/mol. The van der Waals surface area contributed by atoms with Crippen molar-refractivity contribution < 1.29 is 4.79 Å². The zero-order chi connectivity index (χ0) is 11.7. The van der Waals surface area contributed by atoms with E-state index in [0.717, 1.165) is 19.4 Å². The van der Waals surface area contributed by atoms with Crippen LogP contribution in [0.5, 0.6) is 0 Å². The smallest absolute Gasteiger partial charge is 0.270 e. The first-order valence-corrected chi connectivity index (χ1v) is 7.20. The fourth-order valence-electron chi connectivity index (χ4n) is 2.94. The van der Waals surface area contributed by atoms with Gasteiger partial charge in [0.1, 0.15) is 5.69 Å². The van der Waals surface area contributed by atoms with Crippen molar-refractivity contribution in [2.45, 2.75) is 37.8 Å². The highest BCUT2D eigenvalue weighted by molar-refractivity contribution is 7.07. The van der Waals surface area contributed by atoms with Crippen molar-refractivity contribution in [2.75, 3.05) is 13.1 Å². The zero-order valence-corrected chi connectivity index (χ0v) is 10.6. The maximum atomic E-state index is 11.9. The van der Waals surface area contributed by atoms with Crippen LogP contribution in [0, 0.1) is 0 Å². The molecule has 2 aliphatic rings. The van der Waals surface area contributed by atoms with E-state index in [1.807, 2.05) is 0 Å². The molecule has 1 aromatic rings. The molecule has 92 valence electrons. The molecule has 1 N–H and O–H groups in total. The Bertz CT molecular complexity index is 392. The average Bonchev–Trinajstić information content (AvgIpc) is 2.99. The van der Waals surface area contributed by atoms with Crippen molar-refractivity contribution in [3.63, 3.8) is 0 Å². The Kier molecular flexibility index (Phi) is 3.11. The van der Waals surface area contributed by atoms with Gasteiger partial charge in [0.15, 0.2) is 0 Å². The van der Waals surface area contributed by atoms with Crippen LogP contribution in [0.2, 0.25) is 0 Å². The second kappa shape index (κ2) is 4.74. The molecule has 2 aliphatic heterocycles. The van der Waals surface area contributed by atoms with Crippen LogP contribution in [-0.2, 0) is 0 Å². The zero-order valence-electron chi connectivity index (χ0n) is 9.76. The van der Waals surface area contributed by atoms with Gasteiger partial charge in [-0.3, -0.25) is 4.79 Å². The van der Waals surface area contributed by atoms with E-state index >= 15 is 0 Å². The van der Waals surface area contributed by atoms with E-state index in [2.05, 4.69) is 15.2 Å². The highest BCUT2D eigenvalue weighted by Gasteiger charge is 2.32. The monoisotopic (exact) mass is 251 g/mol. The van der Waals surface area contributed by atoms with Crippen LogP contribution in [0.25, 0.3) is 0 Å². The lowest BCUT2D eigenvalue weighted by molar-refractivity contribution is 0.0892. The highest BCUT2D eigenvalue weighted by Crippen LogP contribution is 2.26. The number of hydrogen-bond acceptors (Lipinski definition) is 4. The Labute approximate surface area is 105 Å². The number of piperidine rings is 1. The van der Waals surface area contributed by atoms with Crippen LogP contribution in [0.1, 0.15) is 36.2 Å². The number of carbonyl (C=O) groups excluding carboxylic acids is 1. The van der Waals surface area contributed by atoms with E-state index in [9.17, 15) is 4.79 Å². The molecular formula is C12H17N3OS. The number of nitrogens with one attached hydrogen (secondary N) is 1. The summed E-state index contributed by atoms with van der Waals surface area (Å²) < 4.78 is 0. The normalized spacial score (nSPS) is 28.9. The first-order valence-electron chi connectivity index (χ1n) is 6.26. The topological polar surface area (TPSA) is 45.2 Å². The predicted octanol–water partition coefficient (Wildman–Crippen LogP) is 1.50. The maximum absolute atomic E-state index is 11.9. The molecule has 2 unspecified atom stereocenters. The SMILES string of the molecule is O=C(NC1CCN2CCCC2C1)c1cscn1. The average molecular weight is 251 g/mol. The van der Waals surface area contributed by atoms with E-state index in [1.54, 1.807) is 10.9 Å². The van der Waals surface area contributed by atoms with Crippen molar-refractivity contribution in [2.24, 2.45) is 0 Å². The summed E-state index contributed by atoms with van der Waals surface area (Å²) in [6.45, 7) is 2.38. The minimum Gasteiger partial charge on any atom is -0.348 e. The molecule has 3 heterocycles. The quantitative estimate of drug-likeness (QED) is 0.866. The van der Waals surface area contributed by atoms with Gasteiger partial charge in [-0.15, -0.1) is 11.3 Å². The number of nitrogens with zero attached hydrogens (tertiary/aromatic N) is 2. The minimum atomic E-state index is -0.0114. The number of rotatable bonds is 2. The van der Waals surface area contributed by atoms with Gasteiger partial charge in [0.05, 0.1) is 5.51 Å². The Morgan fingerprint density at radius 1 is 1.47 bits per heavy atom. The van der Waals surface area contributed by atoms with E-state index in [-0.39, 0.29) is 5.91 Å². The van der Waals surface area contributed by atoms with Crippen molar-refractivity contribution in [1.29, 1.82) is 0 Å². The summed E-state index contributed by atoms with van der Waals surface area (Å²) >= 11 is 1.47. The van der Waals surface area contributed by atoms with Gasteiger partial charge in [-0.05, 0) is 32.2 Å². The third-order valence-corrected chi connectivity index (χ3v) is 4.41. The molecule has 4 nitrogen and oxygen atoms in total. The molecule has 2 atom stereocenters. The summed E-state index contributed by atoms with van der Waals surface area (Å²) in [5, 5.41) is 4.92. The highest BCUT2D eigenvalue weighted by atomic mass is 32.1. The number of fused-ring (bicyclic) bond motifs is 1. The fourth-order valence-corrected chi connectivity index (χ4v) is 3.47. The molecule has 1 amide bonds. The number of hydrogen-bond donors (Lipinski definition) is 1. The second-order valence-corrected chi connectivity index (χ2v) is 5.62. The fraction of sp³-hybridized carbons (Fsp3) is 0.667. The summed E-state index contributed by atoms with van der Waals surface area (Å²) in [6.07, 6.45) is 4.79. The lowest BCUT2D eigenvalue weighted by atomic mass is 9.97. The number of carbonyl (C=O) groups is 1. The molecule has 17 heavy (non-hydrogen) atoms. The lowest BCUT2D eigenvalue weighted by Crippen LogP contribution is -2.47. The van der Waals surface area contributed by atoms with Crippen molar-refractivity contribution in [3.8, 4) is 0 Å². The number of thiazole rings is 1. The predicted molar refractivity (Wildman–Crippen MR) is 67.2 cm³/mol. The minimum absolute atomic E-state index is 0.0114. The molecule has 2 fully saturated rings. The van der Waals surface area contributed by atoms with Gasteiger partial charge in [0.2, 0.25) is 0 Å². The van der Waals surface area contributed by atoms with Crippen LogP contribution in [-0.4, -0.2) is 41.0 Å². The Morgan fingerprint density at radius 2 is 2.41 bits per heavy atom. The Hall–Kier alpha value is -0.940. The Morgan fingerprint density at radius 3 is 3.24 bits per heavy atom. The van der Waals surface area contributed by atoms with Crippen molar-refractivity contribution in [1.82, 2.24) is 15.2 Å². The summed E-state index contributed by atoms with van der Waals surface area (Å²) in [5.74, 6) is -0.0114. The van der Waals surface area contributed by atoms with E-state index < -0.39 is 0 Å². The molecule has 0 aliphatic carbocycles. The van der Waals surface area contributed by atoms with Gasteiger partial charge in [-0.1, -0.05) is 0 Å². The van der Waals surface area contributed by atoms with Gasteiger partial charge in [0.25, 0.3) is 5.91 Å². The summed E-state index contributed by atoms with van der Waals surface area (Å²) in [6, 6.07) is 1.04. The molecule has 0 aromatic carbocycles. The van der Waals surface area contributed by atoms with E-state index in [0.29, 0.717) is 17.8 Å². The van der Waals surface area contributed by atoms with Gasteiger partial charge in [0, 0.05) is 24.0 Å². The third kappa shape index (κ3) is 2.35. The van der Waals surface area contributed by atoms with Gasteiger partial charge < -0.3 is 10.2 Å². The Balaban J connectivity index is 1.57. The maximum Gasteiger partial charge on any atom is 0.270 e. The van der Waals surface area contributed by atoms with Crippen LogP contribution in [0.3, 0.4) is 0 Å². The number of amides is 1. The van der Waals surface area contributed by atoms with Crippen LogP contribution < -0.4 is 5.32 Å². The van der Waals surface area contributed by atoms with Crippen LogP contribution >= 0.6 is 11.3 Å². The molecule has 3 rings (SSSR count). The van der Waals surface area contributed by atoms with Crippen molar-refractivity contribution >= 4 is 17.2 Å². The van der Waals surface area contributed by atoms with Gasteiger partial charge in [-0.25, -0.2) is 4.98 Å². The largest absolute Gasteiger partial charge is 0.348 e. The summed E-state index contributed by atoms with van der Waals surface area (Å²) in [7, 11) is 0. The molecule has 5 heteroatoms. The van der Waals surface area contributed by atoms with Crippen LogP contribution in [0.4, 0.5) is 0 Å². The van der Waals surface area contributed by atoms with Gasteiger partial charge in [-0.2, -0.15) is 0 Å². The summed E-state index contributed by atoms with van der Waals surface area (Å²) in [4.78, 5) is 18.5. The molecule has 0 radical (unpaired) electrons. The standard InChI is InChI=1S/C12H17N3OS/c16-12(11-7-17-8-13-11)14-9-3-5-15-4-1-2-10(15)6-9/h7-10H,1-6H2,(H,14,16). The van der Waals surface area contributed by atoms with Gasteiger partial charge >= 0.3 is 0 Å². The molecule has 1 aromatic heterocycles.